The van der Waals surface area contributed by atoms with Gasteiger partial charge in [-0.2, -0.15) is 13.2 Å². The van der Waals surface area contributed by atoms with Crippen molar-refractivity contribution in [3.63, 3.8) is 0 Å². The van der Waals surface area contributed by atoms with Gasteiger partial charge in [-0.1, -0.05) is 0 Å². The lowest BCUT2D eigenvalue weighted by Gasteiger charge is -2.36. The predicted molar refractivity (Wildman–Crippen MR) is 97.6 cm³/mol. The average Bonchev–Trinajstić information content (AvgIpc) is 2.87. The quantitative estimate of drug-likeness (QED) is 0.870. The second-order valence-electron chi connectivity index (χ2n) is 7.80. The van der Waals surface area contributed by atoms with E-state index in [1.165, 1.54) is 12.1 Å². The van der Waals surface area contributed by atoms with Crippen LogP contribution in [0.25, 0.3) is 0 Å². The van der Waals surface area contributed by atoms with E-state index >= 15 is 0 Å². The molecule has 0 spiro atoms. The Hall–Kier alpha value is -2.35. The predicted octanol–water partition coefficient (Wildman–Crippen LogP) is 3.47. The van der Waals surface area contributed by atoms with Crippen LogP contribution in [0.2, 0.25) is 0 Å². The second kappa shape index (κ2) is 7.24. The van der Waals surface area contributed by atoms with E-state index in [1.807, 2.05) is 11.8 Å². The van der Waals surface area contributed by atoms with Crippen LogP contribution in [0.3, 0.4) is 0 Å². The van der Waals surface area contributed by atoms with E-state index in [0.29, 0.717) is 18.0 Å². The van der Waals surface area contributed by atoms with Crippen LogP contribution in [0.15, 0.2) is 30.6 Å². The molecule has 1 amide bonds. The topological polar surface area (TPSA) is 52.2 Å². The van der Waals surface area contributed by atoms with Gasteiger partial charge in [0.15, 0.2) is 0 Å². The van der Waals surface area contributed by atoms with Crippen molar-refractivity contribution in [3.05, 3.63) is 53.1 Å². The molecule has 1 N–H and O–H groups in total. The number of hydrogen-bond acceptors (Lipinski definition) is 3. The largest absolute Gasteiger partial charge is 0.416 e. The van der Waals surface area contributed by atoms with Crippen molar-refractivity contribution in [2.45, 2.75) is 38.5 Å². The third-order valence-corrected chi connectivity index (χ3v) is 5.82. The number of aromatic amines is 1. The van der Waals surface area contributed by atoms with Gasteiger partial charge in [0.1, 0.15) is 0 Å². The number of halogens is 3. The first kappa shape index (κ1) is 19.0. The van der Waals surface area contributed by atoms with Crippen LogP contribution < -0.4 is 0 Å². The van der Waals surface area contributed by atoms with Gasteiger partial charge in [0.05, 0.1) is 17.6 Å². The van der Waals surface area contributed by atoms with Crippen LogP contribution in [0.4, 0.5) is 13.2 Å². The molecule has 5 rings (SSSR count). The number of imidazole rings is 1. The summed E-state index contributed by atoms with van der Waals surface area (Å²) in [6.45, 7) is 5.05. The number of aryl methyl sites for hydroxylation is 1. The van der Waals surface area contributed by atoms with Crippen LogP contribution >= 0.6 is 0 Å². The van der Waals surface area contributed by atoms with E-state index in [0.717, 1.165) is 56.0 Å². The number of H-pyrrole nitrogens is 1. The molecule has 3 aliphatic heterocycles. The highest BCUT2D eigenvalue weighted by Gasteiger charge is 2.38. The monoisotopic (exact) mass is 392 g/mol. The maximum Gasteiger partial charge on any atom is 0.416 e. The van der Waals surface area contributed by atoms with E-state index in [1.54, 1.807) is 6.33 Å². The lowest BCUT2D eigenvalue weighted by Crippen LogP contribution is -2.47. The molecule has 1 aromatic carbocycles. The second-order valence-corrected chi connectivity index (χ2v) is 7.80. The van der Waals surface area contributed by atoms with Crippen LogP contribution in [-0.2, 0) is 12.7 Å². The Bertz CT molecular complexity index is 846. The van der Waals surface area contributed by atoms with E-state index in [9.17, 15) is 18.0 Å². The number of nitrogens with one attached hydrogen (secondary N) is 1. The Morgan fingerprint density at radius 2 is 1.93 bits per heavy atom. The van der Waals surface area contributed by atoms with Gasteiger partial charge in [0.2, 0.25) is 0 Å². The third kappa shape index (κ3) is 3.78. The summed E-state index contributed by atoms with van der Waals surface area (Å²) in [6.07, 6.45) is -0.712. The van der Waals surface area contributed by atoms with Crippen LogP contribution in [0, 0.1) is 12.8 Å². The molecule has 2 atom stereocenters. The molecule has 0 saturated carbocycles. The van der Waals surface area contributed by atoms with Gasteiger partial charge in [-0.15, -0.1) is 0 Å². The number of carbonyl (C=O) groups excluding carboxylic acids is 1. The fourth-order valence-corrected chi connectivity index (χ4v) is 4.28. The molecule has 4 heterocycles. The highest BCUT2D eigenvalue weighted by atomic mass is 19.4. The van der Waals surface area contributed by atoms with Crippen molar-refractivity contribution in [1.82, 2.24) is 19.8 Å². The molecule has 0 unspecified atom stereocenters. The number of piperidine rings is 1. The number of benzene rings is 1. The molecule has 3 fully saturated rings. The molecule has 8 heteroatoms. The lowest BCUT2D eigenvalue weighted by atomic mass is 9.94. The minimum atomic E-state index is -4.39. The van der Waals surface area contributed by atoms with Gasteiger partial charge in [0.25, 0.3) is 5.91 Å². The molecule has 150 valence electrons. The van der Waals surface area contributed by atoms with Crippen LogP contribution in [0.1, 0.15) is 40.2 Å². The number of amides is 1. The van der Waals surface area contributed by atoms with E-state index in [-0.39, 0.29) is 11.9 Å². The maximum absolute atomic E-state index is 13.0. The zero-order chi connectivity index (χ0) is 19.9. The Morgan fingerprint density at radius 1 is 1.18 bits per heavy atom. The Labute approximate surface area is 161 Å². The van der Waals surface area contributed by atoms with Crippen LogP contribution in [-0.4, -0.2) is 51.4 Å². The van der Waals surface area contributed by atoms with Gasteiger partial charge in [0, 0.05) is 43.5 Å². The fraction of sp³-hybridized carbons (Fsp3) is 0.500. The molecule has 0 radical (unpaired) electrons. The maximum atomic E-state index is 13.0. The molecule has 2 aromatic rings. The molecule has 2 bridgehead atoms. The number of aromatic nitrogens is 2. The van der Waals surface area contributed by atoms with E-state index < -0.39 is 11.7 Å². The number of carbonyl (C=O) groups is 1. The number of alkyl halides is 3. The Morgan fingerprint density at radius 3 is 2.57 bits per heavy atom. The van der Waals surface area contributed by atoms with E-state index in [2.05, 4.69) is 14.9 Å². The first-order valence-corrected chi connectivity index (χ1v) is 9.50. The Balaban J connectivity index is 1.48. The van der Waals surface area contributed by atoms with Gasteiger partial charge < -0.3 is 9.88 Å². The zero-order valence-electron chi connectivity index (χ0n) is 15.7. The summed E-state index contributed by atoms with van der Waals surface area (Å²) >= 11 is 0. The first-order chi connectivity index (χ1) is 13.3. The van der Waals surface area contributed by atoms with Crippen molar-refractivity contribution in [2.75, 3.05) is 19.6 Å². The van der Waals surface area contributed by atoms with Crippen molar-refractivity contribution < 1.29 is 18.0 Å². The van der Waals surface area contributed by atoms with E-state index in [4.69, 9.17) is 0 Å². The number of rotatable bonds is 3. The molecule has 5 nitrogen and oxygen atoms in total. The standard InChI is InChI=1S/C20H23F3N4O/c1-13-18(25-12-24-13)11-26-8-14-2-7-17(10-26)27(9-14)19(28)15-3-5-16(6-4-15)20(21,22)23/h3-6,12,14,17H,2,7-11H2,1H3,(H,24,25)/t14-,17+/m0/s1. The highest BCUT2D eigenvalue weighted by Crippen LogP contribution is 2.32. The molecular weight excluding hydrogens is 369 g/mol. The molecular formula is C20H23F3N4O. The zero-order valence-corrected chi connectivity index (χ0v) is 15.7. The van der Waals surface area contributed by atoms with Crippen molar-refractivity contribution in [1.29, 1.82) is 0 Å². The van der Waals surface area contributed by atoms with Gasteiger partial charge in [-0.3, -0.25) is 9.69 Å². The summed E-state index contributed by atoms with van der Waals surface area (Å²) in [4.78, 5) is 24.6. The number of hydrogen-bond donors (Lipinski definition) is 1. The summed E-state index contributed by atoms with van der Waals surface area (Å²) < 4.78 is 38.3. The van der Waals surface area contributed by atoms with Gasteiger partial charge in [-0.25, -0.2) is 4.98 Å². The lowest BCUT2D eigenvalue weighted by molar-refractivity contribution is -0.137. The molecule has 3 saturated heterocycles. The van der Waals surface area contributed by atoms with Crippen molar-refractivity contribution in [3.8, 4) is 0 Å². The Kier molecular flexibility index (Phi) is 4.91. The molecule has 3 aliphatic rings. The van der Waals surface area contributed by atoms with Crippen molar-refractivity contribution >= 4 is 5.91 Å². The minimum absolute atomic E-state index is 0.0767. The molecule has 28 heavy (non-hydrogen) atoms. The SMILES string of the molecule is Cc1[nH]cnc1CN1C[C@@H]2CC[C@H](C1)N(C(=O)c1ccc(C(F)(F)F)cc1)C2. The summed E-state index contributed by atoms with van der Waals surface area (Å²) in [7, 11) is 0. The third-order valence-electron chi connectivity index (χ3n) is 5.82. The summed E-state index contributed by atoms with van der Waals surface area (Å²) in [6, 6.07) is 4.61. The average molecular weight is 392 g/mol. The number of fused-ring (bicyclic) bond motifs is 4. The van der Waals surface area contributed by atoms with Crippen LogP contribution in [0.5, 0.6) is 0 Å². The van der Waals surface area contributed by atoms with Gasteiger partial charge >= 0.3 is 6.18 Å². The fourth-order valence-electron chi connectivity index (χ4n) is 4.28. The number of nitrogens with zero attached hydrogens (tertiary/aromatic N) is 3. The normalized spacial score (nSPS) is 23.1. The summed E-state index contributed by atoms with van der Waals surface area (Å²) in [5, 5.41) is 0. The van der Waals surface area contributed by atoms with Gasteiger partial charge in [-0.05, 0) is 49.9 Å². The summed E-state index contributed by atoms with van der Waals surface area (Å²) in [5.74, 6) is 0.192. The van der Waals surface area contributed by atoms with Crippen molar-refractivity contribution in [2.24, 2.45) is 5.92 Å². The first-order valence-electron chi connectivity index (χ1n) is 9.50. The minimum Gasteiger partial charge on any atom is -0.348 e. The molecule has 0 aliphatic carbocycles. The highest BCUT2D eigenvalue weighted by molar-refractivity contribution is 5.94. The smallest absolute Gasteiger partial charge is 0.348 e. The summed E-state index contributed by atoms with van der Waals surface area (Å²) in [5.41, 5.74) is 1.65. The molecule has 1 aromatic heterocycles.